The van der Waals surface area contributed by atoms with E-state index in [0.29, 0.717) is 21.9 Å². The summed E-state index contributed by atoms with van der Waals surface area (Å²) < 4.78 is 9.52. The Morgan fingerprint density at radius 3 is 1.80 bits per heavy atom. The van der Waals surface area contributed by atoms with E-state index in [2.05, 4.69) is 20.6 Å². The van der Waals surface area contributed by atoms with Gasteiger partial charge in [-0.2, -0.15) is 0 Å². The molecule has 16 heteroatoms. The van der Waals surface area contributed by atoms with Crippen LogP contribution in [0, 0.1) is 10.1 Å². The number of ether oxygens (including phenoxy) is 2. The molecule has 0 radical (unpaired) electrons. The van der Waals surface area contributed by atoms with E-state index >= 15 is 0 Å². The van der Waals surface area contributed by atoms with E-state index in [-0.39, 0.29) is 36.4 Å². The van der Waals surface area contributed by atoms with Gasteiger partial charge in [-0.3, -0.25) is 20.7 Å². The summed E-state index contributed by atoms with van der Waals surface area (Å²) in [7, 11) is 0. The fourth-order valence-electron chi connectivity index (χ4n) is 3.25. The highest BCUT2D eigenvalue weighted by atomic mass is 32.1. The van der Waals surface area contributed by atoms with Gasteiger partial charge >= 0.3 is 17.9 Å². The van der Waals surface area contributed by atoms with Gasteiger partial charge in [0.2, 0.25) is 5.82 Å². The molecule has 14 nitrogen and oxygen atoms in total. The first kappa shape index (κ1) is 29.6. The highest BCUT2D eigenvalue weighted by molar-refractivity contribution is 7.13. The number of aromatic nitrogens is 2. The molecule has 0 atom stereocenters. The molecule has 0 unspecified atom stereocenters. The van der Waals surface area contributed by atoms with Crippen LogP contribution in [0.15, 0.2) is 47.2 Å². The number of rotatable bonds is 7. The van der Waals surface area contributed by atoms with Gasteiger partial charge < -0.3 is 26.7 Å². The smallest absolute Gasteiger partial charge is 0.412 e. The highest BCUT2D eigenvalue weighted by Gasteiger charge is 2.23. The van der Waals surface area contributed by atoms with Crippen LogP contribution in [-0.4, -0.2) is 40.3 Å². The number of nitro groups is 1. The maximum Gasteiger partial charge on any atom is 0.412 e. The number of carbonyl (C=O) groups excluding carboxylic acids is 2. The Morgan fingerprint density at radius 1 is 0.875 bits per heavy atom. The van der Waals surface area contributed by atoms with Crippen molar-refractivity contribution in [2.75, 3.05) is 41.0 Å². The number of carbonyl (C=O) groups is 2. The quantitative estimate of drug-likeness (QED) is 0.136. The molecule has 0 spiro atoms. The van der Waals surface area contributed by atoms with Crippen LogP contribution in [0.5, 0.6) is 0 Å². The van der Waals surface area contributed by atoms with Crippen molar-refractivity contribution in [3.8, 4) is 20.9 Å². The predicted octanol–water partition coefficient (Wildman–Crippen LogP) is 5.41. The van der Waals surface area contributed by atoms with Gasteiger partial charge in [0.1, 0.15) is 17.5 Å². The third-order valence-corrected chi connectivity index (χ3v) is 6.68. The molecular formula is C24H26N8O6S2. The van der Waals surface area contributed by atoms with Crippen LogP contribution >= 0.6 is 22.7 Å². The molecule has 0 fully saturated rings. The number of nitrogens with zero attached hydrogens (tertiary/aromatic N) is 3. The summed E-state index contributed by atoms with van der Waals surface area (Å²) in [4.78, 5) is 42.8. The number of hydrogen-bond donors (Lipinski definition) is 5. The van der Waals surface area contributed by atoms with Gasteiger partial charge in [0, 0.05) is 15.3 Å². The van der Waals surface area contributed by atoms with E-state index in [9.17, 15) is 19.7 Å². The van der Waals surface area contributed by atoms with Crippen LogP contribution in [0.3, 0.4) is 0 Å². The zero-order chi connectivity index (χ0) is 29.2. The first-order valence-corrected chi connectivity index (χ1v) is 13.4. The normalized spacial score (nSPS) is 10.2. The molecule has 0 saturated carbocycles. The summed E-state index contributed by atoms with van der Waals surface area (Å²) in [5.41, 5.74) is 18.5. The third kappa shape index (κ3) is 7.55. The van der Waals surface area contributed by atoms with Crippen molar-refractivity contribution in [2.24, 2.45) is 0 Å². The number of nitrogens with two attached hydrogens (primary N) is 3. The van der Waals surface area contributed by atoms with Crippen LogP contribution < -0.4 is 27.8 Å². The standard InChI is InChI=1S/C12H12N4O4S.C12H14N4O2S/c1-2-20-12(17)15-9-6-7(8-4-3-5-21-8)10(16(18)19)11(13)14-9;1-2-18-12(17)16-9-6-7(8-4-3-5-19-8)10(13)11(14)15-9/h3-6H,2H2,1H3,(H3,13,14,15,17);3-6H,2,13H2,1H3,(H3,14,15,16,17). The number of nitrogen functional groups attached to an aromatic ring is 3. The molecule has 4 aromatic heterocycles. The van der Waals surface area contributed by atoms with Crippen molar-refractivity contribution in [1.29, 1.82) is 0 Å². The largest absolute Gasteiger partial charge is 0.450 e. The summed E-state index contributed by atoms with van der Waals surface area (Å²) in [5, 5.41) is 19.8. The van der Waals surface area contributed by atoms with Crippen molar-refractivity contribution in [3.63, 3.8) is 0 Å². The maximum absolute atomic E-state index is 11.4. The number of thiophene rings is 2. The van der Waals surface area contributed by atoms with Gasteiger partial charge in [-0.25, -0.2) is 19.6 Å². The molecule has 4 heterocycles. The molecule has 0 saturated heterocycles. The summed E-state index contributed by atoms with van der Waals surface area (Å²) in [6.45, 7) is 3.87. The lowest BCUT2D eigenvalue weighted by Crippen LogP contribution is -2.15. The van der Waals surface area contributed by atoms with Crippen molar-refractivity contribution >= 4 is 69.5 Å². The molecule has 0 aromatic carbocycles. The van der Waals surface area contributed by atoms with E-state index in [1.807, 2.05) is 17.5 Å². The van der Waals surface area contributed by atoms with Gasteiger partial charge in [-0.05, 0) is 48.9 Å². The Labute approximate surface area is 236 Å². The van der Waals surface area contributed by atoms with Crippen molar-refractivity contribution in [3.05, 3.63) is 57.3 Å². The summed E-state index contributed by atoms with van der Waals surface area (Å²) >= 11 is 2.85. The Balaban J connectivity index is 0.000000222. The molecule has 0 aliphatic heterocycles. The molecule has 4 aromatic rings. The second-order valence-electron chi connectivity index (χ2n) is 7.55. The SMILES string of the molecule is CCOC(=O)Nc1cc(-c2cccs2)c(N)c(N)n1.CCOC(=O)Nc1cc(-c2cccs2)c([N+](=O)[O-])c(N)n1. The molecule has 0 aliphatic carbocycles. The van der Waals surface area contributed by atoms with Crippen LogP contribution in [-0.2, 0) is 9.47 Å². The van der Waals surface area contributed by atoms with Gasteiger partial charge in [-0.15, -0.1) is 22.7 Å². The monoisotopic (exact) mass is 586 g/mol. The van der Waals surface area contributed by atoms with E-state index in [1.54, 1.807) is 37.4 Å². The molecule has 2 amide bonds. The Bertz CT molecular complexity index is 1480. The zero-order valence-electron chi connectivity index (χ0n) is 21.4. The van der Waals surface area contributed by atoms with Gasteiger partial charge in [0.25, 0.3) is 0 Å². The van der Waals surface area contributed by atoms with Crippen molar-refractivity contribution in [2.45, 2.75) is 13.8 Å². The average Bonchev–Trinajstić information content (AvgIpc) is 3.61. The highest BCUT2D eigenvalue weighted by Crippen LogP contribution is 2.38. The van der Waals surface area contributed by atoms with Gasteiger partial charge in [-0.1, -0.05) is 12.1 Å². The number of nitrogens with one attached hydrogen (secondary N) is 2. The van der Waals surface area contributed by atoms with E-state index in [0.717, 1.165) is 10.4 Å². The third-order valence-electron chi connectivity index (χ3n) is 4.87. The van der Waals surface area contributed by atoms with Gasteiger partial charge in [0.15, 0.2) is 0 Å². The van der Waals surface area contributed by atoms with Crippen LogP contribution in [0.25, 0.3) is 20.9 Å². The second kappa shape index (κ2) is 13.7. The molecule has 40 heavy (non-hydrogen) atoms. The van der Waals surface area contributed by atoms with Crippen LogP contribution in [0.4, 0.5) is 44.2 Å². The number of pyridine rings is 2. The molecule has 210 valence electrons. The van der Waals surface area contributed by atoms with Crippen LogP contribution in [0.1, 0.15) is 13.8 Å². The number of anilines is 5. The lowest BCUT2D eigenvalue weighted by atomic mass is 10.1. The minimum atomic E-state index is -0.699. The van der Waals surface area contributed by atoms with Gasteiger partial charge in [0.05, 0.1) is 29.4 Å². The minimum absolute atomic E-state index is 0.0972. The average molecular weight is 587 g/mol. The molecule has 0 bridgehead atoms. The summed E-state index contributed by atoms with van der Waals surface area (Å²) in [5.74, 6) is 0.323. The van der Waals surface area contributed by atoms with E-state index in [4.69, 9.17) is 26.7 Å². The Hall–Kier alpha value is -4.96. The molecule has 4 rings (SSSR count). The molecule has 0 aliphatic rings. The fraction of sp³-hybridized carbons (Fsp3) is 0.167. The predicted molar refractivity (Wildman–Crippen MR) is 156 cm³/mol. The topological polar surface area (TPSA) is 224 Å². The second-order valence-corrected chi connectivity index (χ2v) is 9.44. The first-order valence-electron chi connectivity index (χ1n) is 11.6. The van der Waals surface area contributed by atoms with Crippen LogP contribution in [0.2, 0.25) is 0 Å². The fourth-order valence-corrected chi connectivity index (χ4v) is 4.75. The van der Waals surface area contributed by atoms with Crippen molar-refractivity contribution in [1.82, 2.24) is 9.97 Å². The Morgan fingerprint density at radius 2 is 1.35 bits per heavy atom. The lowest BCUT2D eigenvalue weighted by molar-refractivity contribution is -0.383. The molecular weight excluding hydrogens is 560 g/mol. The zero-order valence-corrected chi connectivity index (χ0v) is 23.0. The first-order chi connectivity index (χ1) is 19.1. The lowest BCUT2D eigenvalue weighted by Gasteiger charge is -2.10. The Kier molecular flexibility index (Phi) is 10.2. The number of amides is 2. The molecule has 8 N–H and O–H groups in total. The van der Waals surface area contributed by atoms with E-state index < -0.39 is 17.1 Å². The van der Waals surface area contributed by atoms with Crippen molar-refractivity contribution < 1.29 is 24.0 Å². The summed E-state index contributed by atoms with van der Waals surface area (Å²) in [6, 6.07) is 10.4. The van der Waals surface area contributed by atoms with E-state index in [1.165, 1.54) is 28.7 Å². The summed E-state index contributed by atoms with van der Waals surface area (Å²) in [6.07, 6.45) is -1.27. The minimum Gasteiger partial charge on any atom is -0.450 e. The maximum atomic E-state index is 11.4. The number of hydrogen-bond acceptors (Lipinski definition) is 13.